The topological polar surface area (TPSA) is 131 Å². The van der Waals surface area contributed by atoms with Gasteiger partial charge in [-0.05, 0) is 31.4 Å². The molecule has 1 aromatic carbocycles. The van der Waals surface area contributed by atoms with E-state index in [-0.39, 0.29) is 12.5 Å². The Morgan fingerprint density at radius 2 is 1.88 bits per heavy atom. The van der Waals surface area contributed by atoms with Crippen LogP contribution in [0.25, 0.3) is 0 Å². The van der Waals surface area contributed by atoms with Gasteiger partial charge in [0, 0.05) is 18.5 Å². The Bertz CT molecular complexity index is 1090. The van der Waals surface area contributed by atoms with E-state index in [0.29, 0.717) is 12.5 Å². The molecule has 4 rings (SSSR count). The molecule has 1 aromatic rings. The van der Waals surface area contributed by atoms with Gasteiger partial charge in [-0.15, -0.1) is 8.78 Å². The SMILES string of the molecule is O=C(CC1=CC2CCC(C1)N2)NS(=O)(=O)c1cccc2c1OC(F)(F)O2.O=C(O)C(F)(F)F. The van der Waals surface area contributed by atoms with Crippen LogP contribution in [-0.4, -0.2) is 50.0 Å². The lowest BCUT2D eigenvalue weighted by molar-refractivity contribution is -0.287. The number of fused-ring (bicyclic) bond motifs is 3. The maximum atomic E-state index is 13.2. The van der Waals surface area contributed by atoms with E-state index < -0.39 is 50.8 Å². The number of sulfonamides is 1. The van der Waals surface area contributed by atoms with Crippen molar-refractivity contribution in [3.8, 4) is 11.5 Å². The van der Waals surface area contributed by atoms with Crippen LogP contribution in [0.1, 0.15) is 25.7 Å². The van der Waals surface area contributed by atoms with Gasteiger partial charge in [-0.1, -0.05) is 17.7 Å². The molecule has 1 saturated heterocycles. The maximum absolute atomic E-state index is 13.2. The van der Waals surface area contributed by atoms with E-state index in [2.05, 4.69) is 14.8 Å². The number of carboxylic acids is 1. The first-order valence-electron chi connectivity index (χ1n) is 9.36. The fraction of sp³-hybridized carbons (Fsp3) is 0.444. The van der Waals surface area contributed by atoms with Gasteiger partial charge >= 0.3 is 18.4 Å². The molecular formula is C18H17F5N2O7S. The second kappa shape index (κ2) is 8.78. The molecule has 3 heterocycles. The summed E-state index contributed by atoms with van der Waals surface area (Å²) in [5.74, 6) is -4.49. The van der Waals surface area contributed by atoms with Gasteiger partial charge in [-0.2, -0.15) is 13.2 Å². The number of aliphatic carboxylic acids is 1. The van der Waals surface area contributed by atoms with Crippen LogP contribution in [0.3, 0.4) is 0 Å². The number of amides is 1. The third-order valence-corrected chi connectivity index (χ3v) is 6.18. The largest absolute Gasteiger partial charge is 0.586 e. The van der Waals surface area contributed by atoms with E-state index >= 15 is 0 Å². The highest BCUT2D eigenvalue weighted by atomic mass is 32.2. The van der Waals surface area contributed by atoms with Gasteiger partial charge in [0.25, 0.3) is 10.0 Å². The number of carbonyl (C=O) groups is 2. The van der Waals surface area contributed by atoms with E-state index in [1.807, 2.05) is 10.8 Å². The zero-order chi connectivity index (χ0) is 24.6. The molecule has 2 bridgehead atoms. The normalized spacial score (nSPS) is 22.6. The molecule has 3 N–H and O–H groups in total. The zero-order valence-electron chi connectivity index (χ0n) is 16.5. The van der Waals surface area contributed by atoms with Gasteiger partial charge in [-0.3, -0.25) is 4.79 Å². The van der Waals surface area contributed by atoms with Crippen LogP contribution in [-0.2, 0) is 19.6 Å². The molecule has 9 nitrogen and oxygen atoms in total. The highest BCUT2D eigenvalue weighted by molar-refractivity contribution is 7.90. The molecule has 3 aliphatic rings. The number of carboxylic acid groups (broad SMARTS) is 1. The Morgan fingerprint density at radius 3 is 2.48 bits per heavy atom. The smallest absolute Gasteiger partial charge is 0.475 e. The number of nitrogens with one attached hydrogen (secondary N) is 2. The third kappa shape index (κ3) is 6.10. The van der Waals surface area contributed by atoms with E-state index in [4.69, 9.17) is 9.90 Å². The maximum Gasteiger partial charge on any atom is 0.586 e. The summed E-state index contributed by atoms with van der Waals surface area (Å²) >= 11 is 0. The fourth-order valence-corrected chi connectivity index (χ4v) is 4.67. The van der Waals surface area contributed by atoms with Crippen molar-refractivity contribution in [1.82, 2.24) is 10.0 Å². The summed E-state index contributed by atoms with van der Waals surface area (Å²) in [6, 6.07) is 4.00. The van der Waals surface area contributed by atoms with Crippen molar-refractivity contribution >= 4 is 21.9 Å². The Morgan fingerprint density at radius 1 is 1.21 bits per heavy atom. The second-order valence-electron chi connectivity index (χ2n) is 7.34. The quantitative estimate of drug-likeness (QED) is 0.424. The van der Waals surface area contributed by atoms with Crippen LogP contribution in [0.5, 0.6) is 11.5 Å². The van der Waals surface area contributed by atoms with Crippen molar-refractivity contribution in [1.29, 1.82) is 0 Å². The Balaban J connectivity index is 0.000000383. The molecule has 182 valence electrons. The van der Waals surface area contributed by atoms with E-state index in [1.54, 1.807) is 0 Å². The predicted octanol–water partition coefficient (Wildman–Crippen LogP) is 2.29. The summed E-state index contributed by atoms with van der Waals surface area (Å²) in [5.41, 5.74) is 0.869. The first-order chi connectivity index (χ1) is 15.2. The molecule has 0 spiro atoms. The number of carbonyl (C=O) groups excluding carboxylic acids is 1. The van der Waals surface area contributed by atoms with Crippen molar-refractivity contribution in [3.05, 3.63) is 29.8 Å². The van der Waals surface area contributed by atoms with Crippen LogP contribution in [0.2, 0.25) is 0 Å². The van der Waals surface area contributed by atoms with Gasteiger partial charge in [0.05, 0.1) is 0 Å². The number of ether oxygens (including phenoxy) is 2. The summed E-state index contributed by atoms with van der Waals surface area (Å²) in [6.45, 7) is 0. The van der Waals surface area contributed by atoms with Gasteiger partial charge in [0.15, 0.2) is 11.5 Å². The van der Waals surface area contributed by atoms with Crippen LogP contribution in [0.4, 0.5) is 22.0 Å². The lowest BCUT2D eigenvalue weighted by atomic mass is 10.0. The lowest BCUT2D eigenvalue weighted by Gasteiger charge is -2.21. The van der Waals surface area contributed by atoms with Crippen LogP contribution >= 0.6 is 0 Å². The highest BCUT2D eigenvalue weighted by Crippen LogP contribution is 2.44. The molecule has 1 amide bonds. The zero-order valence-corrected chi connectivity index (χ0v) is 17.3. The van der Waals surface area contributed by atoms with Crippen molar-refractivity contribution in [2.75, 3.05) is 0 Å². The summed E-state index contributed by atoms with van der Waals surface area (Å²) in [7, 11) is -4.38. The monoisotopic (exact) mass is 500 g/mol. The number of halogens is 5. The van der Waals surface area contributed by atoms with Crippen molar-refractivity contribution in [2.45, 2.75) is 55.1 Å². The van der Waals surface area contributed by atoms with E-state index in [9.17, 15) is 35.2 Å². The van der Waals surface area contributed by atoms with Crippen LogP contribution in [0.15, 0.2) is 34.7 Å². The molecular weight excluding hydrogens is 483 g/mol. The standard InChI is InChI=1S/C16H16F2N2O5S.C2HF3O2/c17-16(18)24-12-2-1-3-13(15(12)25-16)26(22,23)20-14(21)8-9-6-10-4-5-11(7-9)19-10;3-2(4,5)1(6)7/h1-3,6,10-11,19H,4-5,7-8H2,(H,20,21);(H,6,7). The molecule has 0 saturated carbocycles. The molecule has 1 fully saturated rings. The minimum Gasteiger partial charge on any atom is -0.475 e. The highest BCUT2D eigenvalue weighted by Gasteiger charge is 2.46. The molecule has 2 atom stereocenters. The molecule has 3 aliphatic heterocycles. The Labute approximate surface area is 183 Å². The predicted molar refractivity (Wildman–Crippen MR) is 98.9 cm³/mol. The number of hydrogen-bond donors (Lipinski definition) is 3. The van der Waals surface area contributed by atoms with Gasteiger partial charge < -0.3 is 19.9 Å². The first-order valence-corrected chi connectivity index (χ1v) is 10.8. The number of para-hydroxylation sites is 1. The molecule has 15 heteroatoms. The fourth-order valence-electron chi connectivity index (χ4n) is 3.55. The Hall–Kier alpha value is -2.94. The summed E-state index contributed by atoms with van der Waals surface area (Å²) in [5, 5.41) is 10.5. The van der Waals surface area contributed by atoms with Crippen molar-refractivity contribution < 1.29 is 54.5 Å². The summed E-state index contributed by atoms with van der Waals surface area (Å²) < 4.78 is 93.5. The minimum absolute atomic E-state index is 0.0591. The average Bonchev–Trinajstić information content (AvgIpc) is 3.16. The summed E-state index contributed by atoms with van der Waals surface area (Å²) in [4.78, 5) is 20.5. The van der Waals surface area contributed by atoms with Gasteiger partial charge in [0.2, 0.25) is 5.91 Å². The van der Waals surface area contributed by atoms with Crippen molar-refractivity contribution in [2.24, 2.45) is 0 Å². The molecule has 0 aliphatic carbocycles. The molecule has 0 aromatic heterocycles. The molecule has 33 heavy (non-hydrogen) atoms. The van der Waals surface area contributed by atoms with Crippen LogP contribution in [0, 0.1) is 0 Å². The second-order valence-corrected chi connectivity index (χ2v) is 8.99. The number of alkyl halides is 5. The van der Waals surface area contributed by atoms with E-state index in [1.165, 1.54) is 6.07 Å². The van der Waals surface area contributed by atoms with E-state index in [0.717, 1.165) is 30.5 Å². The third-order valence-electron chi connectivity index (χ3n) is 4.78. The molecule has 0 radical (unpaired) electrons. The lowest BCUT2D eigenvalue weighted by Crippen LogP contribution is -2.35. The Kier molecular flexibility index (Phi) is 6.57. The number of rotatable bonds is 4. The van der Waals surface area contributed by atoms with Gasteiger partial charge in [-0.25, -0.2) is 17.9 Å². The number of hydrogen-bond acceptors (Lipinski definition) is 7. The van der Waals surface area contributed by atoms with Crippen LogP contribution < -0.4 is 19.5 Å². The average molecular weight is 500 g/mol. The van der Waals surface area contributed by atoms with Gasteiger partial charge in [0.1, 0.15) is 4.90 Å². The minimum atomic E-state index is -5.08. The molecule has 2 unspecified atom stereocenters. The van der Waals surface area contributed by atoms with Crippen molar-refractivity contribution in [3.63, 3.8) is 0 Å². The first kappa shape index (κ1) is 24.7. The summed E-state index contributed by atoms with van der Waals surface area (Å²) in [6.07, 6.45) is -4.43. The number of benzene rings is 1.